The van der Waals surface area contributed by atoms with Gasteiger partial charge in [-0.3, -0.25) is 0 Å². The maximum Gasteiger partial charge on any atom is 0.0948 e. The molecule has 2 aromatic rings. The standard InChI is InChI=1S/C16H20N4O/c1-20-10-18-8-16(20)11-4-12-6-17-7-14(12)15(5-11)19-13-2-3-21-9-13/h4-5,8,10,13,17,19H,2-3,6-7,9H2,1H3/t13-/m0/s1. The molecule has 1 saturated heterocycles. The second kappa shape index (κ2) is 5.16. The number of fused-ring (bicyclic) bond motifs is 1. The molecule has 0 spiro atoms. The van der Waals surface area contributed by atoms with Crippen LogP contribution < -0.4 is 10.6 Å². The Morgan fingerprint density at radius 2 is 2.33 bits per heavy atom. The summed E-state index contributed by atoms with van der Waals surface area (Å²) in [6.07, 6.45) is 4.85. The normalized spacial score (nSPS) is 20.7. The van der Waals surface area contributed by atoms with E-state index >= 15 is 0 Å². The number of anilines is 1. The van der Waals surface area contributed by atoms with Crippen LogP contribution in [0.4, 0.5) is 5.69 Å². The van der Waals surface area contributed by atoms with Crippen LogP contribution in [0, 0.1) is 0 Å². The molecule has 3 heterocycles. The molecule has 21 heavy (non-hydrogen) atoms. The summed E-state index contributed by atoms with van der Waals surface area (Å²) in [4.78, 5) is 4.23. The smallest absolute Gasteiger partial charge is 0.0948 e. The Labute approximate surface area is 124 Å². The maximum atomic E-state index is 5.48. The number of aromatic nitrogens is 2. The Morgan fingerprint density at radius 1 is 1.38 bits per heavy atom. The number of hydrogen-bond acceptors (Lipinski definition) is 4. The number of nitrogens with zero attached hydrogens (tertiary/aromatic N) is 2. The molecule has 0 aliphatic carbocycles. The van der Waals surface area contributed by atoms with E-state index < -0.39 is 0 Å². The molecule has 0 unspecified atom stereocenters. The van der Waals surface area contributed by atoms with E-state index in [0.717, 1.165) is 38.4 Å². The van der Waals surface area contributed by atoms with Gasteiger partial charge in [0.2, 0.25) is 0 Å². The minimum atomic E-state index is 0.427. The number of ether oxygens (including phenoxy) is 1. The lowest BCUT2D eigenvalue weighted by molar-refractivity contribution is 0.195. The molecule has 1 aromatic heterocycles. The molecule has 2 aliphatic heterocycles. The molecule has 2 aliphatic rings. The first-order valence-corrected chi connectivity index (χ1v) is 7.49. The quantitative estimate of drug-likeness (QED) is 0.904. The Balaban J connectivity index is 1.74. The number of nitrogens with one attached hydrogen (secondary N) is 2. The number of rotatable bonds is 3. The second-order valence-corrected chi connectivity index (χ2v) is 5.86. The third kappa shape index (κ3) is 2.32. The summed E-state index contributed by atoms with van der Waals surface area (Å²) in [5, 5.41) is 7.11. The van der Waals surface area contributed by atoms with E-state index in [9.17, 15) is 0 Å². The summed E-state index contributed by atoms with van der Waals surface area (Å²) >= 11 is 0. The Hall–Kier alpha value is -1.85. The van der Waals surface area contributed by atoms with Crippen molar-refractivity contribution in [3.63, 3.8) is 0 Å². The zero-order valence-corrected chi connectivity index (χ0v) is 12.2. The highest BCUT2D eigenvalue weighted by Gasteiger charge is 2.21. The average Bonchev–Trinajstić information content (AvgIpc) is 3.18. The summed E-state index contributed by atoms with van der Waals surface area (Å²) in [5.74, 6) is 0. The molecule has 1 atom stereocenters. The molecule has 1 aromatic carbocycles. The Morgan fingerprint density at radius 3 is 3.10 bits per heavy atom. The zero-order valence-electron chi connectivity index (χ0n) is 12.2. The van der Waals surface area contributed by atoms with E-state index in [4.69, 9.17) is 4.74 Å². The van der Waals surface area contributed by atoms with Gasteiger partial charge in [-0.25, -0.2) is 4.98 Å². The summed E-state index contributed by atoms with van der Waals surface area (Å²) in [5.41, 5.74) is 6.39. The molecule has 5 heteroatoms. The molecule has 4 rings (SSSR count). The summed E-state index contributed by atoms with van der Waals surface area (Å²) in [7, 11) is 2.03. The van der Waals surface area contributed by atoms with Gasteiger partial charge >= 0.3 is 0 Å². The van der Waals surface area contributed by atoms with E-state index in [2.05, 4.69) is 32.3 Å². The molecule has 5 nitrogen and oxygen atoms in total. The summed E-state index contributed by atoms with van der Waals surface area (Å²) in [6, 6.07) is 4.96. The minimum Gasteiger partial charge on any atom is -0.380 e. The molecular weight excluding hydrogens is 264 g/mol. The summed E-state index contributed by atoms with van der Waals surface area (Å²) in [6.45, 7) is 3.55. The van der Waals surface area contributed by atoms with Gasteiger partial charge in [-0.2, -0.15) is 0 Å². The van der Waals surface area contributed by atoms with Crippen LogP contribution in [-0.2, 0) is 24.9 Å². The molecule has 1 fully saturated rings. The zero-order chi connectivity index (χ0) is 14.2. The molecule has 0 amide bonds. The van der Waals surface area contributed by atoms with E-state index in [1.54, 1.807) is 0 Å². The van der Waals surface area contributed by atoms with Crippen molar-refractivity contribution in [2.24, 2.45) is 7.05 Å². The van der Waals surface area contributed by atoms with E-state index in [-0.39, 0.29) is 0 Å². The highest BCUT2D eigenvalue weighted by atomic mass is 16.5. The first-order chi connectivity index (χ1) is 10.3. The number of hydrogen-bond donors (Lipinski definition) is 2. The first kappa shape index (κ1) is 12.9. The third-order valence-corrected chi connectivity index (χ3v) is 4.36. The number of imidazole rings is 1. The SMILES string of the molecule is Cn1cncc1-c1cc2c(c(N[C@H]3CCOC3)c1)CNC2. The van der Waals surface area contributed by atoms with Gasteiger partial charge in [0.15, 0.2) is 0 Å². The van der Waals surface area contributed by atoms with Crippen molar-refractivity contribution in [1.29, 1.82) is 0 Å². The largest absolute Gasteiger partial charge is 0.380 e. The highest BCUT2D eigenvalue weighted by molar-refractivity contribution is 5.70. The van der Waals surface area contributed by atoms with E-state index in [0.29, 0.717) is 6.04 Å². The molecule has 110 valence electrons. The van der Waals surface area contributed by atoms with Gasteiger partial charge in [-0.1, -0.05) is 0 Å². The topological polar surface area (TPSA) is 51.1 Å². The monoisotopic (exact) mass is 284 g/mol. The van der Waals surface area contributed by atoms with E-state index in [1.807, 2.05) is 19.6 Å². The lowest BCUT2D eigenvalue weighted by Crippen LogP contribution is -2.20. The lowest BCUT2D eigenvalue weighted by Gasteiger charge is -2.17. The van der Waals surface area contributed by atoms with Crippen LogP contribution in [0.1, 0.15) is 17.5 Å². The van der Waals surface area contributed by atoms with Crippen molar-refractivity contribution in [3.05, 3.63) is 35.8 Å². The molecule has 2 N–H and O–H groups in total. The van der Waals surface area contributed by atoms with Gasteiger partial charge in [0.05, 0.1) is 30.9 Å². The lowest BCUT2D eigenvalue weighted by atomic mass is 10.0. The van der Waals surface area contributed by atoms with Crippen LogP contribution >= 0.6 is 0 Å². The van der Waals surface area contributed by atoms with Crippen LogP contribution in [-0.4, -0.2) is 28.8 Å². The summed E-state index contributed by atoms with van der Waals surface area (Å²) < 4.78 is 7.54. The highest BCUT2D eigenvalue weighted by Crippen LogP contribution is 2.32. The average molecular weight is 284 g/mol. The van der Waals surface area contributed by atoms with Crippen LogP contribution in [0.15, 0.2) is 24.7 Å². The molecule has 0 radical (unpaired) electrons. The molecular formula is C16H20N4O. The number of aryl methyl sites for hydroxylation is 1. The second-order valence-electron chi connectivity index (χ2n) is 5.86. The van der Waals surface area contributed by atoms with Gasteiger partial charge in [-0.05, 0) is 29.7 Å². The van der Waals surface area contributed by atoms with Crippen LogP contribution in [0.25, 0.3) is 11.3 Å². The predicted molar refractivity (Wildman–Crippen MR) is 82.0 cm³/mol. The van der Waals surface area contributed by atoms with Crippen molar-refractivity contribution in [1.82, 2.24) is 14.9 Å². The number of benzene rings is 1. The van der Waals surface area contributed by atoms with Crippen molar-refractivity contribution in [3.8, 4) is 11.3 Å². The van der Waals surface area contributed by atoms with Crippen molar-refractivity contribution >= 4 is 5.69 Å². The van der Waals surface area contributed by atoms with Crippen molar-refractivity contribution in [2.45, 2.75) is 25.6 Å². The molecule has 0 bridgehead atoms. The van der Waals surface area contributed by atoms with Gasteiger partial charge in [0.1, 0.15) is 0 Å². The predicted octanol–water partition coefficient (Wildman–Crippen LogP) is 1.89. The Kier molecular flexibility index (Phi) is 3.16. The van der Waals surface area contributed by atoms with Crippen LogP contribution in [0.5, 0.6) is 0 Å². The van der Waals surface area contributed by atoms with Crippen molar-refractivity contribution < 1.29 is 4.74 Å². The maximum absolute atomic E-state index is 5.48. The van der Waals surface area contributed by atoms with Gasteiger partial charge in [-0.15, -0.1) is 0 Å². The fourth-order valence-electron chi connectivity index (χ4n) is 3.20. The first-order valence-electron chi connectivity index (χ1n) is 7.49. The third-order valence-electron chi connectivity index (χ3n) is 4.36. The van der Waals surface area contributed by atoms with Gasteiger partial charge in [0, 0.05) is 38.0 Å². The fraction of sp³-hybridized carbons (Fsp3) is 0.438. The van der Waals surface area contributed by atoms with Gasteiger partial charge < -0.3 is 19.9 Å². The van der Waals surface area contributed by atoms with Crippen LogP contribution in [0.3, 0.4) is 0 Å². The minimum absolute atomic E-state index is 0.427. The van der Waals surface area contributed by atoms with Gasteiger partial charge in [0.25, 0.3) is 0 Å². The fourth-order valence-corrected chi connectivity index (χ4v) is 3.20. The van der Waals surface area contributed by atoms with Crippen molar-refractivity contribution in [2.75, 3.05) is 18.5 Å². The van der Waals surface area contributed by atoms with Crippen LogP contribution in [0.2, 0.25) is 0 Å². The van der Waals surface area contributed by atoms with E-state index in [1.165, 1.54) is 22.4 Å². The molecule has 0 saturated carbocycles. The Bertz CT molecular complexity index is 658.